The largest absolute Gasteiger partial charge is 0.378 e. The van der Waals surface area contributed by atoms with Crippen LogP contribution in [-0.4, -0.2) is 19.3 Å². The minimum Gasteiger partial charge on any atom is -0.378 e. The highest BCUT2D eigenvalue weighted by Crippen LogP contribution is 2.37. The van der Waals surface area contributed by atoms with Gasteiger partial charge in [-0.3, -0.25) is 0 Å². The van der Waals surface area contributed by atoms with Crippen molar-refractivity contribution in [2.45, 2.75) is 51.7 Å². The van der Waals surface area contributed by atoms with E-state index in [9.17, 15) is 4.39 Å². The zero-order valence-corrected chi connectivity index (χ0v) is 12.6. The lowest BCUT2D eigenvalue weighted by molar-refractivity contribution is -0.0291. The molecule has 3 heteroatoms. The number of halogens is 1. The molecule has 1 aliphatic carbocycles. The molecule has 1 aromatic carbocycles. The standard InChI is InChI=1S/C17H26FNO/c1-3-9-19-17(14-5-7-15(18)8-6-14)12-13-10-16(11-13)20-4-2/h5-8,13,16-17,19H,3-4,9-12H2,1-2H3. The van der Waals surface area contributed by atoms with Crippen LogP contribution in [0, 0.1) is 11.7 Å². The van der Waals surface area contributed by atoms with Crippen molar-refractivity contribution in [1.29, 1.82) is 0 Å². The zero-order chi connectivity index (χ0) is 14.4. The van der Waals surface area contributed by atoms with Crippen LogP contribution in [0.4, 0.5) is 4.39 Å². The first kappa shape index (κ1) is 15.5. The second kappa shape index (κ2) is 7.75. The molecule has 20 heavy (non-hydrogen) atoms. The third-order valence-electron chi connectivity index (χ3n) is 4.08. The smallest absolute Gasteiger partial charge is 0.123 e. The Kier molecular flexibility index (Phi) is 5.99. The Labute approximate surface area is 121 Å². The van der Waals surface area contributed by atoms with Crippen molar-refractivity contribution in [1.82, 2.24) is 5.32 Å². The lowest BCUT2D eigenvalue weighted by Crippen LogP contribution is -2.35. The van der Waals surface area contributed by atoms with Crippen LogP contribution in [0.5, 0.6) is 0 Å². The quantitative estimate of drug-likeness (QED) is 0.774. The van der Waals surface area contributed by atoms with Gasteiger partial charge in [-0.2, -0.15) is 0 Å². The Bertz CT molecular complexity index is 386. The highest BCUT2D eigenvalue weighted by Gasteiger charge is 2.31. The van der Waals surface area contributed by atoms with E-state index in [1.807, 2.05) is 12.1 Å². The van der Waals surface area contributed by atoms with Gasteiger partial charge in [0, 0.05) is 12.6 Å². The van der Waals surface area contributed by atoms with Crippen molar-refractivity contribution in [3.05, 3.63) is 35.6 Å². The Morgan fingerprint density at radius 1 is 1.25 bits per heavy atom. The van der Waals surface area contributed by atoms with Gasteiger partial charge < -0.3 is 10.1 Å². The summed E-state index contributed by atoms with van der Waals surface area (Å²) in [5.41, 5.74) is 1.19. The third kappa shape index (κ3) is 4.29. The Morgan fingerprint density at radius 3 is 2.55 bits per heavy atom. The van der Waals surface area contributed by atoms with E-state index in [0.29, 0.717) is 12.1 Å². The molecule has 1 aliphatic rings. The molecule has 112 valence electrons. The van der Waals surface area contributed by atoms with Gasteiger partial charge in [0.1, 0.15) is 5.82 Å². The topological polar surface area (TPSA) is 21.3 Å². The molecule has 1 N–H and O–H groups in total. The van der Waals surface area contributed by atoms with Crippen LogP contribution in [0.15, 0.2) is 24.3 Å². The van der Waals surface area contributed by atoms with Crippen molar-refractivity contribution in [2.75, 3.05) is 13.2 Å². The Hall–Kier alpha value is -0.930. The molecule has 1 atom stereocenters. The molecule has 2 rings (SSSR count). The van der Waals surface area contributed by atoms with Crippen LogP contribution in [0.2, 0.25) is 0 Å². The van der Waals surface area contributed by atoms with Crippen molar-refractivity contribution in [3.63, 3.8) is 0 Å². The number of hydrogen-bond donors (Lipinski definition) is 1. The molecule has 1 saturated carbocycles. The first-order valence-corrected chi connectivity index (χ1v) is 7.83. The van der Waals surface area contributed by atoms with E-state index in [2.05, 4.69) is 19.2 Å². The minimum absolute atomic E-state index is 0.164. The zero-order valence-electron chi connectivity index (χ0n) is 12.6. The van der Waals surface area contributed by atoms with E-state index in [1.54, 1.807) is 12.1 Å². The van der Waals surface area contributed by atoms with E-state index in [0.717, 1.165) is 31.9 Å². The maximum absolute atomic E-state index is 13.0. The summed E-state index contributed by atoms with van der Waals surface area (Å²) in [5, 5.41) is 3.59. The normalized spacial score (nSPS) is 23.4. The molecule has 2 nitrogen and oxygen atoms in total. The molecule has 1 unspecified atom stereocenters. The van der Waals surface area contributed by atoms with Gasteiger partial charge in [-0.1, -0.05) is 19.1 Å². The van der Waals surface area contributed by atoms with Crippen molar-refractivity contribution >= 4 is 0 Å². The van der Waals surface area contributed by atoms with E-state index in [1.165, 1.54) is 18.4 Å². The Morgan fingerprint density at radius 2 is 1.95 bits per heavy atom. The van der Waals surface area contributed by atoms with Crippen LogP contribution in [-0.2, 0) is 4.74 Å². The highest BCUT2D eigenvalue weighted by atomic mass is 19.1. The van der Waals surface area contributed by atoms with Gasteiger partial charge in [0.2, 0.25) is 0 Å². The predicted octanol–water partition coefficient (Wildman–Crippen LogP) is 4.07. The predicted molar refractivity (Wildman–Crippen MR) is 80.2 cm³/mol. The minimum atomic E-state index is -0.164. The van der Waals surface area contributed by atoms with Crippen molar-refractivity contribution < 1.29 is 9.13 Å². The summed E-state index contributed by atoms with van der Waals surface area (Å²) in [7, 11) is 0. The fourth-order valence-corrected chi connectivity index (χ4v) is 2.92. The molecule has 1 fully saturated rings. The van der Waals surface area contributed by atoms with Gasteiger partial charge in [0.05, 0.1) is 6.10 Å². The number of benzene rings is 1. The average Bonchev–Trinajstić information content (AvgIpc) is 2.41. The van der Waals surface area contributed by atoms with E-state index >= 15 is 0 Å². The van der Waals surface area contributed by atoms with E-state index < -0.39 is 0 Å². The van der Waals surface area contributed by atoms with Gasteiger partial charge in [0.25, 0.3) is 0 Å². The maximum atomic E-state index is 13.0. The van der Waals surface area contributed by atoms with Gasteiger partial charge in [-0.15, -0.1) is 0 Å². The summed E-state index contributed by atoms with van der Waals surface area (Å²) < 4.78 is 18.7. The molecule has 0 spiro atoms. The second-order valence-electron chi connectivity index (χ2n) is 5.71. The van der Waals surface area contributed by atoms with E-state index in [4.69, 9.17) is 4.74 Å². The highest BCUT2D eigenvalue weighted by molar-refractivity contribution is 5.20. The molecule has 0 saturated heterocycles. The van der Waals surface area contributed by atoms with Crippen LogP contribution in [0.25, 0.3) is 0 Å². The lowest BCUT2D eigenvalue weighted by Gasteiger charge is -2.37. The van der Waals surface area contributed by atoms with Crippen LogP contribution in [0.3, 0.4) is 0 Å². The average molecular weight is 279 g/mol. The third-order valence-corrected chi connectivity index (χ3v) is 4.08. The van der Waals surface area contributed by atoms with Gasteiger partial charge in [-0.25, -0.2) is 4.39 Å². The summed E-state index contributed by atoms with van der Waals surface area (Å²) >= 11 is 0. The summed E-state index contributed by atoms with van der Waals surface area (Å²) in [6, 6.07) is 7.26. The monoisotopic (exact) mass is 279 g/mol. The van der Waals surface area contributed by atoms with Crippen molar-refractivity contribution in [3.8, 4) is 0 Å². The van der Waals surface area contributed by atoms with Crippen LogP contribution >= 0.6 is 0 Å². The first-order chi connectivity index (χ1) is 9.72. The number of hydrogen-bond acceptors (Lipinski definition) is 2. The molecule has 0 amide bonds. The second-order valence-corrected chi connectivity index (χ2v) is 5.71. The van der Waals surface area contributed by atoms with Crippen LogP contribution in [0.1, 0.15) is 51.1 Å². The molecule has 0 radical (unpaired) electrons. The van der Waals surface area contributed by atoms with Crippen LogP contribution < -0.4 is 5.32 Å². The van der Waals surface area contributed by atoms with Gasteiger partial charge in [-0.05, 0) is 62.8 Å². The van der Waals surface area contributed by atoms with Gasteiger partial charge >= 0.3 is 0 Å². The van der Waals surface area contributed by atoms with E-state index in [-0.39, 0.29) is 5.82 Å². The molecule has 0 aromatic heterocycles. The fourth-order valence-electron chi connectivity index (χ4n) is 2.92. The molecule has 1 aromatic rings. The molecular formula is C17H26FNO. The first-order valence-electron chi connectivity index (χ1n) is 7.83. The van der Waals surface area contributed by atoms with Crippen molar-refractivity contribution in [2.24, 2.45) is 5.92 Å². The fraction of sp³-hybridized carbons (Fsp3) is 0.647. The molecule has 0 bridgehead atoms. The number of nitrogens with one attached hydrogen (secondary N) is 1. The molecular weight excluding hydrogens is 253 g/mol. The lowest BCUT2D eigenvalue weighted by atomic mass is 9.77. The molecule has 0 heterocycles. The Balaban J connectivity index is 1.89. The summed E-state index contributed by atoms with van der Waals surface area (Å²) in [5.74, 6) is 0.564. The SMILES string of the molecule is CCCNC(CC1CC(OCC)C1)c1ccc(F)cc1. The molecule has 0 aliphatic heterocycles. The summed E-state index contributed by atoms with van der Waals surface area (Å²) in [4.78, 5) is 0. The van der Waals surface area contributed by atoms with Gasteiger partial charge in [0.15, 0.2) is 0 Å². The summed E-state index contributed by atoms with van der Waals surface area (Å²) in [6.45, 7) is 6.04. The maximum Gasteiger partial charge on any atom is 0.123 e. The summed E-state index contributed by atoms with van der Waals surface area (Å²) in [6.07, 6.45) is 5.03. The number of ether oxygens (including phenoxy) is 1. The number of rotatable bonds is 8.